The molecule has 2 rings (SSSR count). The largest absolute Gasteiger partial charge is 0.496 e. The third-order valence-corrected chi connectivity index (χ3v) is 5.19. The summed E-state index contributed by atoms with van der Waals surface area (Å²) in [6.07, 6.45) is 1.69. The Morgan fingerprint density at radius 2 is 1.90 bits per heavy atom. The first kappa shape index (κ1) is 23.7. The summed E-state index contributed by atoms with van der Waals surface area (Å²) in [5.74, 6) is 0.485. The molecule has 0 fully saturated rings. The van der Waals surface area contributed by atoms with Crippen molar-refractivity contribution < 1.29 is 14.3 Å². The van der Waals surface area contributed by atoms with Gasteiger partial charge in [0.25, 0.3) is 5.91 Å². The van der Waals surface area contributed by atoms with E-state index < -0.39 is 0 Å². The lowest BCUT2D eigenvalue weighted by molar-refractivity contribution is -0.120. The molecule has 0 aliphatic rings. The number of nitrogens with zero attached hydrogens (tertiary/aromatic N) is 1. The lowest BCUT2D eigenvalue weighted by atomic mass is 9.97. The molecule has 30 heavy (non-hydrogen) atoms. The average molecular weight is 450 g/mol. The Labute approximate surface area is 186 Å². The second-order valence-electron chi connectivity index (χ2n) is 7.03. The molecular formula is C22H25Cl2N3O3. The average Bonchev–Trinajstić information content (AvgIpc) is 2.70. The summed E-state index contributed by atoms with van der Waals surface area (Å²) in [4.78, 5) is 24.1. The van der Waals surface area contributed by atoms with Crippen molar-refractivity contribution in [2.45, 2.75) is 33.1 Å². The van der Waals surface area contributed by atoms with Gasteiger partial charge in [0, 0.05) is 18.5 Å². The van der Waals surface area contributed by atoms with Crippen LogP contribution in [-0.2, 0) is 4.79 Å². The van der Waals surface area contributed by atoms with E-state index >= 15 is 0 Å². The molecule has 6 nitrogen and oxygen atoms in total. The Bertz CT molecular complexity index is 959. The normalized spacial score (nSPS) is 11.0. The lowest BCUT2D eigenvalue weighted by Crippen LogP contribution is -2.29. The van der Waals surface area contributed by atoms with Crippen molar-refractivity contribution in [1.29, 1.82) is 0 Å². The zero-order valence-electron chi connectivity index (χ0n) is 17.4. The van der Waals surface area contributed by atoms with Crippen molar-refractivity contribution in [3.05, 3.63) is 62.6 Å². The monoisotopic (exact) mass is 449 g/mol. The van der Waals surface area contributed by atoms with Crippen LogP contribution in [-0.4, -0.2) is 31.7 Å². The van der Waals surface area contributed by atoms with Crippen LogP contribution >= 0.6 is 23.2 Å². The van der Waals surface area contributed by atoms with Crippen molar-refractivity contribution >= 4 is 41.2 Å². The fourth-order valence-corrected chi connectivity index (χ4v) is 3.04. The molecule has 0 heterocycles. The number of hydrogen-bond acceptors (Lipinski definition) is 4. The first-order valence-electron chi connectivity index (χ1n) is 9.46. The Morgan fingerprint density at radius 1 is 1.17 bits per heavy atom. The third-order valence-electron chi connectivity index (χ3n) is 4.45. The molecule has 8 heteroatoms. The highest BCUT2D eigenvalue weighted by Gasteiger charge is 2.11. The van der Waals surface area contributed by atoms with E-state index in [1.54, 1.807) is 25.5 Å². The van der Waals surface area contributed by atoms with Crippen molar-refractivity contribution in [3.63, 3.8) is 0 Å². The Kier molecular flexibility index (Phi) is 8.69. The second-order valence-corrected chi connectivity index (χ2v) is 7.85. The number of benzene rings is 2. The molecule has 0 radical (unpaired) electrons. The van der Waals surface area contributed by atoms with Gasteiger partial charge in [-0.1, -0.05) is 37.0 Å². The SMILES string of the molecule is COc1cc(C)c(C=NNC(=O)CCNC(=O)c2ccc(Cl)c(Cl)c2)cc1C(C)C. The maximum absolute atomic E-state index is 12.1. The molecule has 2 N–H and O–H groups in total. The number of hydrazone groups is 1. The van der Waals surface area contributed by atoms with E-state index in [-0.39, 0.29) is 24.8 Å². The molecule has 0 atom stereocenters. The molecule has 0 bridgehead atoms. The Hall–Kier alpha value is -2.57. The number of carbonyl (C=O) groups is 2. The van der Waals surface area contributed by atoms with Gasteiger partial charge in [-0.15, -0.1) is 0 Å². The van der Waals surface area contributed by atoms with E-state index in [9.17, 15) is 9.59 Å². The molecule has 0 aliphatic heterocycles. The minimum absolute atomic E-state index is 0.0865. The van der Waals surface area contributed by atoms with Crippen LogP contribution < -0.4 is 15.5 Å². The number of amides is 2. The van der Waals surface area contributed by atoms with Crippen LogP contribution in [0.5, 0.6) is 5.75 Å². The van der Waals surface area contributed by atoms with E-state index in [2.05, 4.69) is 29.7 Å². The van der Waals surface area contributed by atoms with Gasteiger partial charge in [0.15, 0.2) is 0 Å². The van der Waals surface area contributed by atoms with E-state index in [4.69, 9.17) is 27.9 Å². The topological polar surface area (TPSA) is 79.8 Å². The Balaban J connectivity index is 1.87. The van der Waals surface area contributed by atoms with Crippen molar-refractivity contribution in [3.8, 4) is 5.75 Å². The van der Waals surface area contributed by atoms with Crippen LogP contribution in [0.15, 0.2) is 35.4 Å². The summed E-state index contributed by atoms with van der Waals surface area (Å²) in [5, 5.41) is 7.35. The molecule has 0 spiro atoms. The summed E-state index contributed by atoms with van der Waals surface area (Å²) in [6.45, 7) is 6.29. The van der Waals surface area contributed by atoms with E-state index in [0.29, 0.717) is 21.5 Å². The van der Waals surface area contributed by atoms with Gasteiger partial charge in [0.05, 0.1) is 23.4 Å². The first-order valence-corrected chi connectivity index (χ1v) is 10.2. The third kappa shape index (κ3) is 6.47. The van der Waals surface area contributed by atoms with Gasteiger partial charge in [0.2, 0.25) is 5.91 Å². The smallest absolute Gasteiger partial charge is 0.251 e. The fraction of sp³-hybridized carbons (Fsp3) is 0.318. The van der Waals surface area contributed by atoms with Crippen LogP contribution in [0.25, 0.3) is 0 Å². The summed E-state index contributed by atoms with van der Waals surface area (Å²) >= 11 is 11.7. The summed E-state index contributed by atoms with van der Waals surface area (Å²) in [6, 6.07) is 8.55. The quantitative estimate of drug-likeness (QED) is 0.452. The maximum Gasteiger partial charge on any atom is 0.251 e. The van der Waals surface area contributed by atoms with Gasteiger partial charge < -0.3 is 10.1 Å². The predicted octanol–water partition coefficient (Wildman–Crippen LogP) is 4.70. The number of rotatable bonds is 8. The summed E-state index contributed by atoms with van der Waals surface area (Å²) in [5.41, 5.74) is 5.80. The van der Waals surface area contributed by atoms with Crippen LogP contribution in [0.1, 0.15) is 53.2 Å². The zero-order valence-corrected chi connectivity index (χ0v) is 18.9. The van der Waals surface area contributed by atoms with Gasteiger partial charge in [-0.3, -0.25) is 9.59 Å². The highest BCUT2D eigenvalue weighted by molar-refractivity contribution is 6.42. The molecule has 2 aromatic carbocycles. The van der Waals surface area contributed by atoms with Gasteiger partial charge in [-0.05, 0) is 59.9 Å². The lowest BCUT2D eigenvalue weighted by Gasteiger charge is -2.14. The van der Waals surface area contributed by atoms with E-state index in [0.717, 1.165) is 22.4 Å². The van der Waals surface area contributed by atoms with Crippen LogP contribution in [0.4, 0.5) is 0 Å². The standard InChI is InChI=1S/C22H25Cl2N3O3/c1-13(2)17-10-16(14(3)9-20(17)30-4)12-26-27-21(28)7-8-25-22(29)15-5-6-18(23)19(24)11-15/h5-6,9-13H,7-8H2,1-4H3,(H,25,29)(H,27,28). The minimum Gasteiger partial charge on any atom is -0.496 e. The molecule has 0 saturated heterocycles. The second kappa shape index (κ2) is 11.0. The molecule has 0 unspecified atom stereocenters. The van der Waals surface area contributed by atoms with Crippen molar-refractivity contribution in [2.75, 3.05) is 13.7 Å². The zero-order chi connectivity index (χ0) is 22.3. The number of ether oxygens (including phenoxy) is 1. The molecule has 0 aliphatic carbocycles. The number of aryl methyl sites for hydroxylation is 1. The highest BCUT2D eigenvalue weighted by Crippen LogP contribution is 2.29. The highest BCUT2D eigenvalue weighted by atomic mass is 35.5. The van der Waals surface area contributed by atoms with Crippen LogP contribution in [0.3, 0.4) is 0 Å². The molecule has 2 amide bonds. The van der Waals surface area contributed by atoms with Gasteiger partial charge >= 0.3 is 0 Å². The van der Waals surface area contributed by atoms with E-state index in [1.165, 1.54) is 6.07 Å². The molecular weight excluding hydrogens is 425 g/mol. The summed E-state index contributed by atoms with van der Waals surface area (Å²) in [7, 11) is 1.65. The van der Waals surface area contributed by atoms with Crippen LogP contribution in [0, 0.1) is 6.92 Å². The van der Waals surface area contributed by atoms with Crippen molar-refractivity contribution in [2.24, 2.45) is 5.10 Å². The molecule has 0 aromatic heterocycles. The number of nitrogens with one attached hydrogen (secondary N) is 2. The minimum atomic E-state index is -0.333. The molecule has 160 valence electrons. The van der Waals surface area contributed by atoms with Crippen molar-refractivity contribution in [1.82, 2.24) is 10.7 Å². The van der Waals surface area contributed by atoms with Crippen LogP contribution in [0.2, 0.25) is 10.0 Å². The predicted molar refractivity (Wildman–Crippen MR) is 121 cm³/mol. The Morgan fingerprint density at radius 3 is 2.53 bits per heavy atom. The number of methoxy groups -OCH3 is 1. The molecule has 0 saturated carbocycles. The fourth-order valence-electron chi connectivity index (χ4n) is 2.74. The van der Waals surface area contributed by atoms with Gasteiger partial charge in [0.1, 0.15) is 5.75 Å². The summed E-state index contributed by atoms with van der Waals surface area (Å²) < 4.78 is 5.43. The number of carbonyl (C=O) groups excluding carboxylic acids is 2. The van der Waals surface area contributed by atoms with Gasteiger partial charge in [-0.25, -0.2) is 5.43 Å². The molecule has 2 aromatic rings. The number of hydrogen-bond donors (Lipinski definition) is 2. The maximum atomic E-state index is 12.1. The van der Waals surface area contributed by atoms with Gasteiger partial charge in [-0.2, -0.15) is 5.10 Å². The number of halogens is 2. The van der Waals surface area contributed by atoms with E-state index in [1.807, 2.05) is 19.1 Å². The first-order chi connectivity index (χ1) is 14.2.